The number of hydrogen-bond donors (Lipinski definition) is 1. The summed E-state index contributed by atoms with van der Waals surface area (Å²) in [5.41, 5.74) is 3.22. The molecule has 4 rings (SSSR count). The summed E-state index contributed by atoms with van der Waals surface area (Å²) in [6.45, 7) is 3.26. The Morgan fingerprint density at radius 1 is 1.20 bits per heavy atom. The summed E-state index contributed by atoms with van der Waals surface area (Å²) in [4.78, 5) is 11.5. The highest BCUT2D eigenvalue weighted by atomic mass is 32.2. The molecule has 1 aromatic carbocycles. The lowest BCUT2D eigenvalue weighted by Crippen LogP contribution is -2.30. The average Bonchev–Trinajstić information content (AvgIpc) is 3.05. The first-order chi connectivity index (χ1) is 12.0. The topological polar surface area (TPSA) is 75.2 Å². The van der Waals surface area contributed by atoms with Gasteiger partial charge in [-0.2, -0.15) is 0 Å². The van der Waals surface area contributed by atoms with E-state index in [1.54, 1.807) is 0 Å². The highest BCUT2D eigenvalue weighted by Crippen LogP contribution is 2.31. The predicted molar refractivity (Wildman–Crippen MR) is 96.3 cm³/mol. The van der Waals surface area contributed by atoms with Gasteiger partial charge in [0.05, 0.1) is 11.9 Å². The van der Waals surface area contributed by atoms with E-state index < -0.39 is 9.84 Å². The van der Waals surface area contributed by atoms with Crippen LogP contribution in [-0.4, -0.2) is 37.7 Å². The van der Waals surface area contributed by atoms with E-state index in [4.69, 9.17) is 4.98 Å². The van der Waals surface area contributed by atoms with Gasteiger partial charge in [0.25, 0.3) is 0 Å². The van der Waals surface area contributed by atoms with Crippen LogP contribution in [0, 0.1) is 0 Å². The van der Waals surface area contributed by atoms with Gasteiger partial charge in [-0.15, -0.1) is 0 Å². The highest BCUT2D eigenvalue weighted by Gasteiger charge is 2.27. The van der Waals surface area contributed by atoms with Gasteiger partial charge in [-0.05, 0) is 30.5 Å². The first-order valence-electron chi connectivity index (χ1n) is 8.62. The third-order valence-electron chi connectivity index (χ3n) is 4.98. The smallest absolute Gasteiger partial charge is 0.226 e. The molecule has 3 heterocycles. The third-order valence-corrected chi connectivity index (χ3v) is 6.09. The van der Waals surface area contributed by atoms with E-state index in [0.717, 1.165) is 39.0 Å². The van der Waals surface area contributed by atoms with E-state index in [0.29, 0.717) is 11.6 Å². The van der Waals surface area contributed by atoms with Gasteiger partial charge in [0.15, 0.2) is 9.84 Å². The van der Waals surface area contributed by atoms with Crippen LogP contribution in [0.15, 0.2) is 35.4 Å². The molecule has 132 valence electrons. The molecular weight excluding hydrogens is 336 g/mol. The molecule has 1 saturated heterocycles. The van der Waals surface area contributed by atoms with Crippen molar-refractivity contribution in [1.82, 2.24) is 15.3 Å². The summed E-state index contributed by atoms with van der Waals surface area (Å²) in [5.74, 6) is 0.731. The van der Waals surface area contributed by atoms with Crippen LogP contribution in [0.4, 0.5) is 5.95 Å². The van der Waals surface area contributed by atoms with Crippen molar-refractivity contribution in [3.05, 3.63) is 47.3 Å². The van der Waals surface area contributed by atoms with Crippen LogP contribution in [0.2, 0.25) is 0 Å². The Hall–Kier alpha value is -1.99. The summed E-state index contributed by atoms with van der Waals surface area (Å²) in [7, 11) is -3.35. The van der Waals surface area contributed by atoms with Crippen molar-refractivity contribution in [2.45, 2.75) is 36.7 Å². The second-order valence-electron chi connectivity index (χ2n) is 6.86. The molecule has 2 aromatic rings. The lowest BCUT2D eigenvalue weighted by atomic mass is 9.96. The van der Waals surface area contributed by atoms with Crippen LogP contribution < -0.4 is 10.2 Å². The number of anilines is 1. The highest BCUT2D eigenvalue weighted by molar-refractivity contribution is 7.90. The number of aromatic nitrogens is 2. The van der Waals surface area contributed by atoms with Crippen LogP contribution >= 0.6 is 0 Å². The van der Waals surface area contributed by atoms with Gasteiger partial charge in [0, 0.05) is 31.8 Å². The number of hydrogen-bond acceptors (Lipinski definition) is 6. The molecule has 0 saturated carbocycles. The summed E-state index contributed by atoms with van der Waals surface area (Å²) in [6, 6.07) is 8.31. The van der Waals surface area contributed by atoms with Crippen LogP contribution in [-0.2, 0) is 22.9 Å². The van der Waals surface area contributed by atoms with Crippen molar-refractivity contribution in [1.29, 1.82) is 0 Å². The molecule has 0 amide bonds. The third kappa shape index (κ3) is 3.26. The fourth-order valence-electron chi connectivity index (χ4n) is 3.66. The SMILES string of the molecule is CS(=O)(=O)c1cnc(N2Cc3ccccc3C2)nc1C1CCCNC1. The number of nitrogens with zero attached hydrogens (tertiary/aromatic N) is 3. The van der Waals surface area contributed by atoms with Crippen molar-refractivity contribution in [2.24, 2.45) is 0 Å². The fraction of sp³-hybridized carbons (Fsp3) is 0.444. The van der Waals surface area contributed by atoms with Gasteiger partial charge in [-0.3, -0.25) is 0 Å². The quantitative estimate of drug-likeness (QED) is 0.903. The number of piperidine rings is 1. The molecule has 2 aliphatic rings. The van der Waals surface area contributed by atoms with Gasteiger partial charge in [-0.25, -0.2) is 18.4 Å². The molecule has 1 unspecified atom stereocenters. The summed E-state index contributed by atoms with van der Waals surface area (Å²) in [5, 5.41) is 3.35. The standard InChI is InChI=1S/C18H22N4O2S/c1-25(23,24)16-10-20-18(21-17(16)13-7-4-8-19-9-13)22-11-14-5-2-3-6-15(14)12-22/h2-3,5-6,10,13,19H,4,7-9,11-12H2,1H3. The first-order valence-corrected chi connectivity index (χ1v) is 10.5. The van der Waals surface area contributed by atoms with E-state index in [9.17, 15) is 8.42 Å². The zero-order valence-electron chi connectivity index (χ0n) is 14.3. The van der Waals surface area contributed by atoms with Crippen molar-refractivity contribution >= 4 is 15.8 Å². The maximum absolute atomic E-state index is 12.2. The maximum Gasteiger partial charge on any atom is 0.226 e. The second kappa shape index (κ2) is 6.38. The Kier molecular flexibility index (Phi) is 4.21. The zero-order valence-corrected chi connectivity index (χ0v) is 15.1. The zero-order chi connectivity index (χ0) is 17.4. The van der Waals surface area contributed by atoms with Crippen LogP contribution in [0.1, 0.15) is 35.6 Å². The van der Waals surface area contributed by atoms with E-state index in [2.05, 4.69) is 27.3 Å². The number of rotatable bonds is 3. The summed E-state index contributed by atoms with van der Waals surface area (Å²) in [6.07, 6.45) is 4.70. The van der Waals surface area contributed by atoms with Crippen LogP contribution in [0.3, 0.4) is 0 Å². The molecule has 1 aromatic heterocycles. The second-order valence-corrected chi connectivity index (χ2v) is 8.84. The normalized spacial score (nSPS) is 20.5. The molecule has 0 spiro atoms. The molecule has 6 nitrogen and oxygen atoms in total. The van der Waals surface area contributed by atoms with Crippen molar-refractivity contribution in [2.75, 3.05) is 24.2 Å². The number of nitrogens with one attached hydrogen (secondary N) is 1. The Balaban J connectivity index is 1.71. The molecule has 7 heteroatoms. The van der Waals surface area contributed by atoms with E-state index >= 15 is 0 Å². The van der Waals surface area contributed by atoms with Crippen molar-refractivity contribution in [3.8, 4) is 0 Å². The predicted octanol–water partition coefficient (Wildman–Crippen LogP) is 1.87. The largest absolute Gasteiger partial charge is 0.332 e. The van der Waals surface area contributed by atoms with E-state index in [1.807, 2.05) is 12.1 Å². The molecule has 0 bridgehead atoms. The Bertz CT molecular complexity index is 867. The van der Waals surface area contributed by atoms with Gasteiger partial charge in [-0.1, -0.05) is 24.3 Å². The molecule has 1 atom stereocenters. The molecule has 1 fully saturated rings. The Morgan fingerprint density at radius 2 is 1.92 bits per heavy atom. The molecule has 0 aliphatic carbocycles. The van der Waals surface area contributed by atoms with Crippen LogP contribution in [0.25, 0.3) is 0 Å². The number of sulfone groups is 1. The van der Waals surface area contributed by atoms with Crippen molar-refractivity contribution < 1.29 is 8.42 Å². The molecular formula is C18H22N4O2S. The van der Waals surface area contributed by atoms with Gasteiger partial charge in [0.1, 0.15) is 4.90 Å². The minimum Gasteiger partial charge on any atom is -0.332 e. The average molecular weight is 358 g/mol. The minimum atomic E-state index is -3.35. The van der Waals surface area contributed by atoms with Gasteiger partial charge < -0.3 is 10.2 Å². The van der Waals surface area contributed by atoms with Gasteiger partial charge in [0.2, 0.25) is 5.95 Å². The van der Waals surface area contributed by atoms with E-state index in [1.165, 1.54) is 23.6 Å². The molecule has 2 aliphatic heterocycles. The van der Waals surface area contributed by atoms with Crippen LogP contribution in [0.5, 0.6) is 0 Å². The first kappa shape index (κ1) is 16.5. The molecule has 25 heavy (non-hydrogen) atoms. The van der Waals surface area contributed by atoms with E-state index in [-0.39, 0.29) is 10.8 Å². The summed E-state index contributed by atoms with van der Waals surface area (Å²) >= 11 is 0. The maximum atomic E-state index is 12.2. The fourth-order valence-corrected chi connectivity index (χ4v) is 4.50. The van der Waals surface area contributed by atoms with Crippen molar-refractivity contribution in [3.63, 3.8) is 0 Å². The minimum absolute atomic E-state index is 0.116. The van der Waals surface area contributed by atoms with Gasteiger partial charge >= 0.3 is 0 Å². The Labute approximate surface area is 148 Å². The summed E-state index contributed by atoms with van der Waals surface area (Å²) < 4.78 is 24.4. The number of benzene rings is 1. The monoisotopic (exact) mass is 358 g/mol. The lowest BCUT2D eigenvalue weighted by Gasteiger charge is -2.25. The lowest BCUT2D eigenvalue weighted by molar-refractivity contribution is 0.447. The Morgan fingerprint density at radius 3 is 2.52 bits per heavy atom. The number of fused-ring (bicyclic) bond motifs is 1. The molecule has 1 N–H and O–H groups in total. The molecule has 0 radical (unpaired) electrons.